The summed E-state index contributed by atoms with van der Waals surface area (Å²) in [4.78, 5) is 23.7. The minimum atomic E-state index is 0. The Balaban J connectivity index is 0.00000341. The quantitative estimate of drug-likeness (QED) is 0.333. The number of nitrogens with zero attached hydrogens (tertiary/aromatic N) is 6. The molecule has 0 spiro atoms. The predicted octanol–water partition coefficient (Wildman–Crippen LogP) is 2.30. The molecule has 1 N–H and O–H groups in total. The van der Waals surface area contributed by atoms with Crippen LogP contribution in [0.5, 0.6) is 0 Å². The number of carbonyl (C=O) groups is 1. The molecule has 8 nitrogen and oxygen atoms in total. The van der Waals surface area contributed by atoms with Crippen LogP contribution in [0.15, 0.2) is 41.7 Å². The fraction of sp³-hybridized carbons (Fsp3) is 0.500. The molecule has 3 rings (SSSR count). The number of carbonyl (C=O) groups excluding carboxylic acids is 1. The predicted molar refractivity (Wildman–Crippen MR) is 136 cm³/mol. The van der Waals surface area contributed by atoms with E-state index in [1.165, 1.54) is 11.1 Å². The summed E-state index contributed by atoms with van der Waals surface area (Å²) >= 11 is 0. The van der Waals surface area contributed by atoms with Crippen LogP contribution >= 0.6 is 24.0 Å². The summed E-state index contributed by atoms with van der Waals surface area (Å²) in [6.07, 6.45) is 3.60. The third-order valence-corrected chi connectivity index (χ3v) is 5.25. The molecule has 0 saturated carbocycles. The van der Waals surface area contributed by atoms with E-state index in [0.29, 0.717) is 19.6 Å². The maximum Gasteiger partial charge on any atom is 0.246 e. The number of amides is 1. The van der Waals surface area contributed by atoms with Gasteiger partial charge in [0.2, 0.25) is 5.91 Å². The molecule has 31 heavy (non-hydrogen) atoms. The first-order valence-electron chi connectivity index (χ1n) is 10.6. The fourth-order valence-electron chi connectivity index (χ4n) is 3.52. The number of aliphatic imine (C=N–C) groups is 1. The van der Waals surface area contributed by atoms with Crippen LogP contribution in [0.25, 0.3) is 0 Å². The lowest BCUT2D eigenvalue weighted by Gasteiger charge is -2.35. The molecule has 170 valence electrons. The average molecular weight is 539 g/mol. The first-order valence-corrected chi connectivity index (χ1v) is 10.6. The molecular formula is C22H34IN7O. The van der Waals surface area contributed by atoms with Gasteiger partial charge in [0.15, 0.2) is 5.96 Å². The van der Waals surface area contributed by atoms with Crippen molar-refractivity contribution in [3.05, 3.63) is 47.8 Å². The number of nitrogens with one attached hydrogen (secondary N) is 1. The molecule has 1 aromatic heterocycles. The van der Waals surface area contributed by atoms with Crippen LogP contribution in [-0.4, -0.2) is 71.2 Å². The van der Waals surface area contributed by atoms with E-state index in [9.17, 15) is 4.79 Å². The van der Waals surface area contributed by atoms with Crippen LogP contribution in [0.2, 0.25) is 0 Å². The molecule has 1 fully saturated rings. The Morgan fingerprint density at radius 1 is 1.26 bits per heavy atom. The zero-order chi connectivity index (χ0) is 21.5. The molecule has 1 aliphatic heterocycles. The third kappa shape index (κ3) is 6.93. The summed E-state index contributed by atoms with van der Waals surface area (Å²) in [6.45, 7) is 9.16. The van der Waals surface area contributed by atoms with Crippen molar-refractivity contribution in [2.75, 3.05) is 44.7 Å². The summed E-state index contributed by atoms with van der Waals surface area (Å²) in [6, 6.07) is 8.56. The Bertz CT molecular complexity index is 882. The molecule has 0 bridgehead atoms. The van der Waals surface area contributed by atoms with Crippen molar-refractivity contribution >= 4 is 41.5 Å². The summed E-state index contributed by atoms with van der Waals surface area (Å²) in [5, 5.41) is 7.51. The van der Waals surface area contributed by atoms with Gasteiger partial charge in [-0.3, -0.25) is 9.48 Å². The highest BCUT2D eigenvalue weighted by atomic mass is 127. The van der Waals surface area contributed by atoms with Crippen LogP contribution < -0.4 is 10.2 Å². The van der Waals surface area contributed by atoms with E-state index in [-0.39, 0.29) is 29.9 Å². The van der Waals surface area contributed by atoms with Gasteiger partial charge in [-0.15, -0.1) is 24.0 Å². The van der Waals surface area contributed by atoms with Gasteiger partial charge in [-0.1, -0.05) is 31.2 Å². The highest BCUT2D eigenvalue weighted by Crippen LogP contribution is 2.16. The Morgan fingerprint density at radius 2 is 2.03 bits per heavy atom. The lowest BCUT2D eigenvalue weighted by Crippen LogP contribution is -2.55. The van der Waals surface area contributed by atoms with Crippen LogP contribution in [0, 0.1) is 0 Å². The second-order valence-electron chi connectivity index (χ2n) is 7.66. The number of halogens is 1. The molecule has 1 amide bonds. The van der Waals surface area contributed by atoms with Crippen molar-refractivity contribution in [2.45, 2.75) is 26.9 Å². The van der Waals surface area contributed by atoms with Gasteiger partial charge in [0.05, 0.1) is 18.4 Å². The van der Waals surface area contributed by atoms with Crippen LogP contribution in [0.4, 0.5) is 5.69 Å². The Hall–Kier alpha value is -2.14. The number of hydrogen-bond acceptors (Lipinski definition) is 4. The molecule has 0 atom stereocenters. The molecule has 0 aliphatic carbocycles. The highest BCUT2D eigenvalue weighted by molar-refractivity contribution is 14.0. The number of aromatic nitrogens is 2. The monoisotopic (exact) mass is 539 g/mol. The van der Waals surface area contributed by atoms with Crippen molar-refractivity contribution in [3.8, 4) is 0 Å². The van der Waals surface area contributed by atoms with Gasteiger partial charge in [0.1, 0.15) is 6.54 Å². The number of guanidine groups is 1. The smallest absolute Gasteiger partial charge is 0.246 e. The van der Waals surface area contributed by atoms with E-state index in [4.69, 9.17) is 4.99 Å². The Labute approximate surface area is 202 Å². The minimum absolute atomic E-state index is 0. The van der Waals surface area contributed by atoms with Crippen molar-refractivity contribution < 1.29 is 4.79 Å². The summed E-state index contributed by atoms with van der Waals surface area (Å²) < 4.78 is 1.72. The summed E-state index contributed by atoms with van der Waals surface area (Å²) in [5.41, 5.74) is 3.31. The lowest BCUT2D eigenvalue weighted by atomic mass is 10.1. The Kier molecular flexibility index (Phi) is 9.76. The molecule has 1 aliphatic rings. The van der Waals surface area contributed by atoms with Crippen LogP contribution in [0.3, 0.4) is 0 Å². The second kappa shape index (κ2) is 12.0. The summed E-state index contributed by atoms with van der Waals surface area (Å²) in [5.74, 6) is 0.845. The first kappa shape index (κ1) is 25.1. The normalized spacial score (nSPS) is 14.7. The van der Waals surface area contributed by atoms with Crippen LogP contribution in [0.1, 0.15) is 25.0 Å². The van der Waals surface area contributed by atoms with Gasteiger partial charge in [0.25, 0.3) is 0 Å². The topological polar surface area (TPSA) is 69.0 Å². The largest absolute Gasteiger partial charge is 0.356 e. The molecule has 9 heteroatoms. The SMILES string of the molecule is CCNC(=NCc1cccc(CN(C)CC)c1)N1CCN(c2cnn(C)c2)C(=O)C1.I. The number of aryl methyl sites for hydroxylation is 1. The van der Waals surface area contributed by atoms with Crippen molar-refractivity contribution in [1.29, 1.82) is 0 Å². The van der Waals surface area contributed by atoms with Gasteiger partial charge in [-0.2, -0.15) is 5.10 Å². The van der Waals surface area contributed by atoms with Crippen molar-refractivity contribution in [2.24, 2.45) is 12.0 Å². The fourth-order valence-corrected chi connectivity index (χ4v) is 3.52. The van der Waals surface area contributed by atoms with E-state index in [1.807, 2.05) is 25.1 Å². The molecular weight excluding hydrogens is 505 g/mol. The average Bonchev–Trinajstić information content (AvgIpc) is 3.17. The number of rotatable bonds is 7. The van der Waals surface area contributed by atoms with Gasteiger partial charge in [-0.05, 0) is 31.6 Å². The minimum Gasteiger partial charge on any atom is -0.356 e. The highest BCUT2D eigenvalue weighted by Gasteiger charge is 2.27. The lowest BCUT2D eigenvalue weighted by molar-refractivity contribution is -0.120. The van der Waals surface area contributed by atoms with E-state index >= 15 is 0 Å². The van der Waals surface area contributed by atoms with Gasteiger partial charge < -0.3 is 20.0 Å². The molecule has 0 radical (unpaired) electrons. The molecule has 0 unspecified atom stereocenters. The van der Waals surface area contributed by atoms with E-state index in [2.05, 4.69) is 53.6 Å². The zero-order valence-corrected chi connectivity index (χ0v) is 21.2. The van der Waals surface area contributed by atoms with E-state index < -0.39 is 0 Å². The molecule has 1 aromatic carbocycles. The molecule has 2 heterocycles. The van der Waals surface area contributed by atoms with E-state index in [0.717, 1.165) is 37.8 Å². The number of hydrogen-bond donors (Lipinski definition) is 1. The maximum absolute atomic E-state index is 12.7. The molecule has 1 saturated heterocycles. The van der Waals surface area contributed by atoms with Gasteiger partial charge in [-0.25, -0.2) is 4.99 Å². The van der Waals surface area contributed by atoms with Crippen molar-refractivity contribution in [1.82, 2.24) is 24.9 Å². The number of benzene rings is 1. The van der Waals surface area contributed by atoms with Crippen LogP contribution in [-0.2, 0) is 24.9 Å². The molecule has 2 aromatic rings. The standard InChI is InChI=1S/C22H33N7O.HI/c1-5-23-22(24-13-18-8-7-9-19(12-18)15-26(3)6-2)28-10-11-29(21(30)17-28)20-14-25-27(4)16-20;/h7-9,12,14,16H,5-6,10-11,13,15,17H2,1-4H3,(H,23,24);1H. The Morgan fingerprint density at radius 3 is 2.68 bits per heavy atom. The van der Waals surface area contributed by atoms with E-state index in [1.54, 1.807) is 15.8 Å². The van der Waals surface area contributed by atoms with Gasteiger partial charge >= 0.3 is 0 Å². The van der Waals surface area contributed by atoms with Gasteiger partial charge in [0, 0.05) is 39.4 Å². The number of anilines is 1. The number of piperazine rings is 1. The summed E-state index contributed by atoms with van der Waals surface area (Å²) in [7, 11) is 3.98. The zero-order valence-electron chi connectivity index (χ0n) is 18.9. The second-order valence-corrected chi connectivity index (χ2v) is 7.66. The third-order valence-electron chi connectivity index (χ3n) is 5.25. The maximum atomic E-state index is 12.7. The van der Waals surface area contributed by atoms with Crippen molar-refractivity contribution in [3.63, 3.8) is 0 Å². The first-order chi connectivity index (χ1) is 14.5.